The van der Waals surface area contributed by atoms with E-state index in [2.05, 4.69) is 62.7 Å². The highest BCUT2D eigenvalue weighted by Gasteiger charge is 2.25. The molecule has 96 valence electrons. The Morgan fingerprint density at radius 3 is 2.32 bits per heavy atom. The highest BCUT2D eigenvalue weighted by molar-refractivity contribution is 9.14. The van der Waals surface area contributed by atoms with Crippen LogP contribution in [0.5, 0.6) is 11.8 Å². The average molecular weight is 454 g/mol. The molecule has 3 heterocycles. The van der Waals surface area contributed by atoms with Crippen molar-refractivity contribution in [1.82, 2.24) is 15.0 Å². The monoisotopic (exact) mass is 451 g/mol. The molecule has 0 radical (unpaired) electrons. The largest absolute Gasteiger partial charge is 0.419 e. The Bertz CT molecular complexity index is 895. The lowest BCUT2D eigenvalue weighted by Gasteiger charge is -2.07. The Morgan fingerprint density at radius 1 is 0.737 bits per heavy atom. The SMILES string of the molecule is Brc1c(Br)c2ooc3nc4nc(n3)oc(c1Br)c2O4. The molecular weight excluding hydrogens is 454 g/mol. The molecule has 0 amide bonds. The van der Waals surface area contributed by atoms with E-state index in [0.29, 0.717) is 24.6 Å². The molecule has 4 bridgehead atoms. The topological polar surface area (TPSA) is 87.3 Å². The van der Waals surface area contributed by atoms with E-state index in [0.717, 1.165) is 0 Å². The van der Waals surface area contributed by atoms with Crippen molar-refractivity contribution >= 4 is 70.6 Å². The van der Waals surface area contributed by atoms with Crippen molar-refractivity contribution in [2.45, 2.75) is 0 Å². The highest BCUT2D eigenvalue weighted by atomic mass is 79.9. The molecule has 0 saturated carbocycles. The van der Waals surface area contributed by atoms with Crippen molar-refractivity contribution < 1.29 is 18.3 Å². The molecule has 19 heavy (non-hydrogen) atoms. The summed E-state index contributed by atoms with van der Waals surface area (Å²) >= 11 is 10.2. The molecule has 0 saturated heterocycles. The van der Waals surface area contributed by atoms with Crippen LogP contribution in [0.3, 0.4) is 0 Å². The molecule has 1 aromatic carbocycles. The highest BCUT2D eigenvalue weighted by Crippen LogP contribution is 2.46. The second-order valence-electron chi connectivity index (χ2n) is 3.48. The Hall–Kier alpha value is -1.13. The fourth-order valence-corrected chi connectivity index (χ4v) is 3.10. The summed E-state index contributed by atoms with van der Waals surface area (Å²) in [5, 5.41) is 0. The third-order valence-corrected chi connectivity index (χ3v) is 5.73. The molecule has 0 fully saturated rings. The fraction of sp³-hybridized carbons (Fsp3) is 0. The maximum Gasteiger partial charge on any atom is 0.376 e. The van der Waals surface area contributed by atoms with E-state index in [1.54, 1.807) is 0 Å². The van der Waals surface area contributed by atoms with Crippen molar-refractivity contribution in [1.29, 1.82) is 0 Å². The number of aromatic nitrogens is 3. The van der Waals surface area contributed by atoms with E-state index in [9.17, 15) is 0 Å². The zero-order valence-corrected chi connectivity index (χ0v) is 13.4. The second kappa shape index (κ2) is 3.93. The first-order valence-electron chi connectivity index (χ1n) is 4.80. The number of rotatable bonds is 0. The van der Waals surface area contributed by atoms with E-state index in [1.165, 1.54) is 0 Å². The van der Waals surface area contributed by atoms with Crippen LogP contribution in [0.1, 0.15) is 0 Å². The predicted octanol–water partition coefficient (Wildman–Crippen LogP) is 4.47. The van der Waals surface area contributed by atoms with Gasteiger partial charge in [0, 0.05) is 0 Å². The maximum absolute atomic E-state index is 5.58. The summed E-state index contributed by atoms with van der Waals surface area (Å²) in [6.07, 6.45) is 0. The molecule has 0 aliphatic carbocycles. The van der Waals surface area contributed by atoms with Gasteiger partial charge in [0.2, 0.25) is 11.3 Å². The minimum absolute atomic E-state index is 0.0488. The summed E-state index contributed by atoms with van der Waals surface area (Å²) in [5.74, 6) is 0.299. The Balaban J connectivity index is 2.40. The lowest BCUT2D eigenvalue weighted by molar-refractivity contribution is 0.0784. The summed E-state index contributed by atoms with van der Waals surface area (Å²) in [4.78, 5) is 11.8. The summed E-state index contributed by atoms with van der Waals surface area (Å²) in [6.45, 7) is 0. The van der Waals surface area contributed by atoms with Gasteiger partial charge in [-0.15, -0.1) is 15.0 Å². The quantitative estimate of drug-likeness (QED) is 0.286. The molecule has 4 rings (SSSR count). The van der Waals surface area contributed by atoms with Gasteiger partial charge >= 0.3 is 17.7 Å². The van der Waals surface area contributed by atoms with Gasteiger partial charge in [0.1, 0.15) is 0 Å². The third-order valence-electron chi connectivity index (χ3n) is 2.36. The van der Waals surface area contributed by atoms with Crippen molar-refractivity contribution in [2.75, 3.05) is 0 Å². The zero-order chi connectivity index (χ0) is 13.1. The molecule has 2 aliphatic heterocycles. The standard InChI is InChI=1S/C9Br3N3O4/c10-1-2(11)4-6-5(3(1)12)18-19-9-14-7(16-4)13-8(15-9)17-6. The van der Waals surface area contributed by atoms with Crippen molar-refractivity contribution in [2.24, 2.45) is 0 Å². The van der Waals surface area contributed by atoms with E-state index < -0.39 is 0 Å². The van der Waals surface area contributed by atoms with Crippen LogP contribution in [0.25, 0.3) is 22.9 Å². The van der Waals surface area contributed by atoms with Gasteiger partial charge in [-0.25, -0.2) is 4.58 Å². The number of benzene rings is 1. The summed E-state index contributed by atoms with van der Waals surface area (Å²) in [5.41, 5.74) is 0.660. The molecule has 0 unspecified atom stereocenters. The van der Waals surface area contributed by atoms with E-state index >= 15 is 0 Å². The van der Waals surface area contributed by atoms with Gasteiger partial charge in [-0.3, -0.25) is 4.58 Å². The first kappa shape index (κ1) is 11.7. The fourth-order valence-electron chi connectivity index (χ4n) is 1.57. The third kappa shape index (κ3) is 1.63. The van der Waals surface area contributed by atoms with Gasteiger partial charge in [0.25, 0.3) is 0 Å². The number of halogens is 3. The molecule has 0 N–H and O–H groups in total. The van der Waals surface area contributed by atoms with Gasteiger partial charge < -0.3 is 9.15 Å². The molecule has 7 nitrogen and oxygen atoms in total. The maximum atomic E-state index is 5.58. The Labute approximate surface area is 129 Å². The van der Waals surface area contributed by atoms with Crippen LogP contribution in [0.15, 0.2) is 27.0 Å². The van der Waals surface area contributed by atoms with Crippen molar-refractivity contribution in [3.8, 4) is 11.8 Å². The number of nitrogens with zero attached hydrogens (tertiary/aromatic N) is 3. The van der Waals surface area contributed by atoms with Crippen LogP contribution in [0.4, 0.5) is 0 Å². The van der Waals surface area contributed by atoms with Gasteiger partial charge in [0.15, 0.2) is 5.58 Å². The smallest absolute Gasteiger partial charge is 0.376 e. The zero-order valence-electron chi connectivity index (χ0n) is 8.61. The Kier molecular flexibility index (Phi) is 2.42. The van der Waals surface area contributed by atoms with Crippen molar-refractivity contribution in [3.05, 3.63) is 13.4 Å². The lowest BCUT2D eigenvalue weighted by Crippen LogP contribution is -1.94. The number of hydrogen-bond donors (Lipinski definition) is 0. The minimum Gasteiger partial charge on any atom is -0.419 e. The van der Waals surface area contributed by atoms with Crippen LogP contribution in [0.2, 0.25) is 0 Å². The summed E-state index contributed by atoms with van der Waals surface area (Å²) in [7, 11) is 0. The van der Waals surface area contributed by atoms with Gasteiger partial charge in [0.05, 0.1) is 13.4 Å². The lowest BCUT2D eigenvalue weighted by atomic mass is 10.3. The van der Waals surface area contributed by atoms with Crippen LogP contribution in [-0.4, -0.2) is 15.0 Å². The van der Waals surface area contributed by atoms with E-state index in [4.69, 9.17) is 18.3 Å². The second-order valence-corrected chi connectivity index (χ2v) is 5.86. The van der Waals surface area contributed by atoms with Gasteiger partial charge in [-0.05, 0) is 47.8 Å². The molecule has 10 heteroatoms. The number of hydrogen-bond acceptors (Lipinski definition) is 7. The number of ether oxygens (including phenoxy) is 1. The van der Waals surface area contributed by atoms with E-state index in [-0.39, 0.29) is 23.4 Å². The van der Waals surface area contributed by atoms with Crippen LogP contribution >= 0.6 is 47.8 Å². The molecule has 1 aromatic heterocycles. The molecule has 2 aromatic rings. The van der Waals surface area contributed by atoms with Crippen LogP contribution < -0.4 is 4.74 Å². The molecule has 0 atom stereocenters. The normalized spacial score (nSPS) is 12.4. The molecule has 2 aliphatic rings. The Morgan fingerprint density at radius 2 is 1.47 bits per heavy atom. The van der Waals surface area contributed by atoms with Gasteiger partial charge in [-0.2, -0.15) is 0 Å². The van der Waals surface area contributed by atoms with Crippen molar-refractivity contribution in [3.63, 3.8) is 0 Å². The predicted molar refractivity (Wildman–Crippen MR) is 72.4 cm³/mol. The van der Waals surface area contributed by atoms with Crippen LogP contribution in [-0.2, 0) is 0 Å². The first-order valence-corrected chi connectivity index (χ1v) is 7.18. The molecular formula is C9Br3N3O4. The van der Waals surface area contributed by atoms with Gasteiger partial charge in [-0.1, -0.05) is 0 Å². The summed E-state index contributed by atoms with van der Waals surface area (Å²) in [6, 6.07) is 0.0735. The minimum atomic E-state index is -0.0488. The summed E-state index contributed by atoms with van der Waals surface area (Å²) < 4.78 is 23.3. The van der Waals surface area contributed by atoms with E-state index in [1.807, 2.05) is 0 Å². The first-order chi connectivity index (χ1) is 9.13. The number of fused-ring (bicyclic) bond motifs is 2. The average Bonchev–Trinajstić information content (AvgIpc) is 2.48. The molecule has 0 spiro atoms. The van der Waals surface area contributed by atoms with Crippen LogP contribution in [0, 0.1) is 0 Å².